The fraction of sp³-hybridized carbons (Fsp3) is 0.0833. The maximum absolute atomic E-state index is 13.0. The Kier molecular flexibility index (Phi) is 4.42. The Hall–Kier alpha value is -1.14. The minimum Gasteiger partial charge on any atom is -0.322 e. The number of nitrogens with one attached hydrogen (secondary N) is 1. The van der Waals surface area contributed by atoms with E-state index in [9.17, 15) is 9.18 Å². The number of carbonyl (C=O) groups is 1. The molecule has 1 amide bonds. The average Bonchev–Trinajstić information content (AvgIpc) is 2.86. The summed E-state index contributed by atoms with van der Waals surface area (Å²) in [4.78, 5) is 12.7. The van der Waals surface area contributed by atoms with Crippen molar-refractivity contribution in [1.29, 1.82) is 0 Å². The molecule has 0 aliphatic carbocycles. The molecule has 2 aromatic rings. The van der Waals surface area contributed by atoms with Gasteiger partial charge in [0.25, 0.3) is 0 Å². The van der Waals surface area contributed by atoms with Gasteiger partial charge in [-0.15, -0.1) is 11.3 Å². The number of nitrogens with two attached hydrogens (primary N) is 1. The number of benzene rings is 1. The highest BCUT2D eigenvalue weighted by Gasteiger charge is 2.19. The van der Waals surface area contributed by atoms with Crippen LogP contribution in [0.1, 0.15) is 10.9 Å². The molecule has 0 aliphatic rings. The molecule has 7 heteroatoms. The highest BCUT2D eigenvalue weighted by molar-refractivity contribution is 7.10. The summed E-state index contributed by atoms with van der Waals surface area (Å²) in [5, 5.41) is 4.38. The first-order chi connectivity index (χ1) is 8.99. The van der Waals surface area contributed by atoms with E-state index in [-0.39, 0.29) is 15.7 Å². The summed E-state index contributed by atoms with van der Waals surface area (Å²) in [5.74, 6) is -1.03. The first kappa shape index (κ1) is 14.3. The molecule has 1 atom stereocenters. The van der Waals surface area contributed by atoms with E-state index >= 15 is 0 Å². The van der Waals surface area contributed by atoms with Gasteiger partial charge in [0, 0.05) is 4.88 Å². The van der Waals surface area contributed by atoms with Crippen LogP contribution in [0.2, 0.25) is 10.0 Å². The summed E-state index contributed by atoms with van der Waals surface area (Å²) in [6.45, 7) is 0. The standard InChI is InChI=1S/C12H9Cl2FN2OS/c13-7-4-6(15)5-8(14)11(7)17-12(18)10(16)9-2-1-3-19-9/h1-5,10H,16H2,(H,17,18). The van der Waals surface area contributed by atoms with Gasteiger partial charge in [0.05, 0.1) is 15.7 Å². The van der Waals surface area contributed by atoms with E-state index in [4.69, 9.17) is 28.9 Å². The van der Waals surface area contributed by atoms with E-state index in [0.717, 1.165) is 12.1 Å². The molecule has 0 bridgehead atoms. The molecule has 1 unspecified atom stereocenters. The van der Waals surface area contributed by atoms with Crippen LogP contribution in [0.25, 0.3) is 0 Å². The molecule has 19 heavy (non-hydrogen) atoms. The van der Waals surface area contributed by atoms with Crippen LogP contribution in [0.5, 0.6) is 0 Å². The predicted molar refractivity (Wildman–Crippen MR) is 76.3 cm³/mol. The summed E-state index contributed by atoms with van der Waals surface area (Å²) in [5.41, 5.74) is 5.95. The van der Waals surface area contributed by atoms with Crippen LogP contribution in [0.15, 0.2) is 29.6 Å². The van der Waals surface area contributed by atoms with Crippen molar-refractivity contribution in [3.05, 3.63) is 50.4 Å². The van der Waals surface area contributed by atoms with Gasteiger partial charge in [0.1, 0.15) is 11.9 Å². The van der Waals surface area contributed by atoms with Gasteiger partial charge in [0.15, 0.2) is 0 Å². The van der Waals surface area contributed by atoms with Crippen LogP contribution in [-0.2, 0) is 4.79 Å². The molecule has 3 nitrogen and oxygen atoms in total. The van der Waals surface area contributed by atoms with Gasteiger partial charge in [-0.1, -0.05) is 29.3 Å². The highest BCUT2D eigenvalue weighted by atomic mass is 35.5. The lowest BCUT2D eigenvalue weighted by Crippen LogP contribution is -2.27. The van der Waals surface area contributed by atoms with Gasteiger partial charge in [0.2, 0.25) is 5.91 Å². The van der Waals surface area contributed by atoms with Gasteiger partial charge in [-0.2, -0.15) is 0 Å². The van der Waals surface area contributed by atoms with Crippen LogP contribution in [-0.4, -0.2) is 5.91 Å². The third-order valence-corrected chi connectivity index (χ3v) is 3.94. The number of amides is 1. The highest BCUT2D eigenvalue weighted by Crippen LogP contribution is 2.32. The minimum atomic E-state index is -0.822. The molecule has 1 heterocycles. The lowest BCUT2D eigenvalue weighted by molar-refractivity contribution is -0.117. The second kappa shape index (κ2) is 5.88. The molecule has 0 spiro atoms. The molecule has 100 valence electrons. The third kappa shape index (κ3) is 3.25. The van der Waals surface area contributed by atoms with E-state index in [2.05, 4.69) is 5.32 Å². The zero-order valence-corrected chi connectivity index (χ0v) is 11.8. The van der Waals surface area contributed by atoms with Gasteiger partial charge in [-0.05, 0) is 23.6 Å². The molecule has 0 radical (unpaired) electrons. The number of halogens is 3. The zero-order chi connectivity index (χ0) is 14.0. The number of hydrogen-bond donors (Lipinski definition) is 2. The third-order valence-electron chi connectivity index (χ3n) is 2.39. The Morgan fingerprint density at radius 2 is 2.00 bits per heavy atom. The molecular formula is C12H9Cl2FN2OS. The number of hydrogen-bond acceptors (Lipinski definition) is 3. The Labute approximate surface area is 123 Å². The van der Waals surface area contributed by atoms with Gasteiger partial charge < -0.3 is 11.1 Å². The summed E-state index contributed by atoms with van der Waals surface area (Å²) in [6, 6.07) is 4.87. The summed E-state index contributed by atoms with van der Waals surface area (Å²) in [7, 11) is 0. The van der Waals surface area contributed by atoms with Crippen LogP contribution >= 0.6 is 34.5 Å². The van der Waals surface area contributed by atoms with Gasteiger partial charge in [-0.25, -0.2) is 4.39 Å². The second-order valence-corrected chi connectivity index (χ2v) is 5.52. The number of rotatable bonds is 3. The molecule has 1 aromatic carbocycles. The van der Waals surface area contributed by atoms with Gasteiger partial charge in [-0.3, -0.25) is 4.79 Å². The molecule has 0 aliphatic heterocycles. The fourth-order valence-corrected chi connectivity index (χ4v) is 2.74. The van der Waals surface area contributed by atoms with E-state index in [1.807, 2.05) is 5.38 Å². The quantitative estimate of drug-likeness (QED) is 0.903. The predicted octanol–water partition coefficient (Wildman–Crippen LogP) is 3.83. The molecular weight excluding hydrogens is 310 g/mol. The maximum atomic E-state index is 13.0. The van der Waals surface area contributed by atoms with E-state index in [1.165, 1.54) is 11.3 Å². The Morgan fingerprint density at radius 1 is 1.37 bits per heavy atom. The summed E-state index contributed by atoms with van der Waals surface area (Å²) in [6.07, 6.45) is 0. The first-order valence-electron chi connectivity index (χ1n) is 5.23. The van der Waals surface area contributed by atoms with Crippen LogP contribution < -0.4 is 11.1 Å². The van der Waals surface area contributed by atoms with Crippen molar-refractivity contribution in [2.24, 2.45) is 5.73 Å². The van der Waals surface area contributed by atoms with E-state index in [1.54, 1.807) is 12.1 Å². The fourth-order valence-electron chi connectivity index (χ4n) is 1.46. The number of thiophene rings is 1. The topological polar surface area (TPSA) is 55.1 Å². The van der Waals surface area contributed by atoms with Crippen molar-refractivity contribution >= 4 is 46.1 Å². The Morgan fingerprint density at radius 3 is 2.53 bits per heavy atom. The number of anilines is 1. The Balaban J connectivity index is 2.20. The van der Waals surface area contributed by atoms with Crippen LogP contribution in [0.4, 0.5) is 10.1 Å². The maximum Gasteiger partial charge on any atom is 0.246 e. The van der Waals surface area contributed by atoms with E-state index in [0.29, 0.717) is 4.88 Å². The molecule has 2 rings (SSSR count). The first-order valence-corrected chi connectivity index (χ1v) is 6.87. The van der Waals surface area contributed by atoms with Crippen molar-refractivity contribution in [3.63, 3.8) is 0 Å². The molecule has 3 N–H and O–H groups in total. The van der Waals surface area contributed by atoms with Crippen molar-refractivity contribution in [3.8, 4) is 0 Å². The summed E-state index contributed by atoms with van der Waals surface area (Å²) >= 11 is 13.0. The van der Waals surface area contributed by atoms with Crippen molar-refractivity contribution in [2.75, 3.05) is 5.32 Å². The zero-order valence-electron chi connectivity index (χ0n) is 9.49. The Bertz CT molecular complexity index is 581. The molecule has 1 aromatic heterocycles. The molecule has 0 fully saturated rings. The van der Waals surface area contributed by atoms with E-state index < -0.39 is 17.8 Å². The average molecular weight is 319 g/mol. The van der Waals surface area contributed by atoms with Crippen molar-refractivity contribution in [2.45, 2.75) is 6.04 Å². The minimum absolute atomic E-state index is 0.0247. The second-order valence-electron chi connectivity index (χ2n) is 3.73. The van der Waals surface area contributed by atoms with Crippen LogP contribution in [0.3, 0.4) is 0 Å². The molecule has 0 saturated carbocycles. The largest absolute Gasteiger partial charge is 0.322 e. The summed E-state index contributed by atoms with van der Waals surface area (Å²) < 4.78 is 13.0. The molecule has 0 saturated heterocycles. The number of carbonyl (C=O) groups excluding carboxylic acids is 1. The smallest absolute Gasteiger partial charge is 0.246 e. The van der Waals surface area contributed by atoms with Crippen molar-refractivity contribution in [1.82, 2.24) is 0 Å². The van der Waals surface area contributed by atoms with Gasteiger partial charge >= 0.3 is 0 Å². The van der Waals surface area contributed by atoms with Crippen LogP contribution in [0, 0.1) is 5.82 Å². The lowest BCUT2D eigenvalue weighted by atomic mass is 10.2. The monoisotopic (exact) mass is 318 g/mol. The normalized spacial score (nSPS) is 12.2. The van der Waals surface area contributed by atoms with Crippen molar-refractivity contribution < 1.29 is 9.18 Å². The lowest BCUT2D eigenvalue weighted by Gasteiger charge is -2.13. The SMILES string of the molecule is NC(C(=O)Nc1c(Cl)cc(F)cc1Cl)c1cccs1.